The number of halogens is 2. The summed E-state index contributed by atoms with van der Waals surface area (Å²) in [4.78, 5) is 24.0. The van der Waals surface area contributed by atoms with E-state index in [-0.39, 0.29) is 22.1 Å². The predicted molar refractivity (Wildman–Crippen MR) is 116 cm³/mol. The monoisotopic (exact) mass is 484 g/mol. The van der Waals surface area contributed by atoms with E-state index in [2.05, 4.69) is 10.1 Å². The molecule has 0 fully saturated rings. The number of nitrogens with one attached hydrogen (secondary N) is 1. The van der Waals surface area contributed by atoms with E-state index in [9.17, 15) is 26.8 Å². The highest BCUT2D eigenvalue weighted by atomic mass is 32.2. The lowest BCUT2D eigenvalue weighted by Crippen LogP contribution is -2.23. The molecule has 0 aliphatic heterocycles. The van der Waals surface area contributed by atoms with Gasteiger partial charge in [0.2, 0.25) is 10.0 Å². The molecule has 0 saturated heterocycles. The standard InChI is InChI=1S/C21H22F2N2O7S/c1-25(2)33(28,29)16-9-10-18(30-3)17(12-16)24-19(26)13-31-20(27)11-6-14-4-7-15(8-5-14)32-21(22)23/h4-12,21H,13H2,1-3H3,(H,24,26)/b11-6+. The first kappa shape index (κ1) is 25.7. The van der Waals surface area contributed by atoms with Crippen molar-refractivity contribution in [3.8, 4) is 11.5 Å². The molecule has 0 aliphatic carbocycles. The second kappa shape index (κ2) is 11.4. The molecule has 2 rings (SSSR count). The fourth-order valence-electron chi connectivity index (χ4n) is 2.45. The van der Waals surface area contributed by atoms with Gasteiger partial charge in [0.25, 0.3) is 5.91 Å². The van der Waals surface area contributed by atoms with Crippen LogP contribution in [0.2, 0.25) is 0 Å². The topological polar surface area (TPSA) is 111 Å². The van der Waals surface area contributed by atoms with E-state index in [1.165, 1.54) is 69.7 Å². The summed E-state index contributed by atoms with van der Waals surface area (Å²) in [6.45, 7) is -3.58. The van der Waals surface area contributed by atoms with E-state index < -0.39 is 35.1 Å². The van der Waals surface area contributed by atoms with Crippen molar-refractivity contribution >= 4 is 33.7 Å². The maximum absolute atomic E-state index is 12.3. The molecule has 178 valence electrons. The van der Waals surface area contributed by atoms with Gasteiger partial charge in [-0.3, -0.25) is 4.79 Å². The Morgan fingerprint density at radius 3 is 2.36 bits per heavy atom. The Bertz CT molecular complexity index is 1120. The fourth-order valence-corrected chi connectivity index (χ4v) is 3.38. The average Bonchev–Trinajstić information content (AvgIpc) is 2.76. The van der Waals surface area contributed by atoms with Gasteiger partial charge in [-0.1, -0.05) is 12.1 Å². The molecule has 9 nitrogen and oxygen atoms in total. The minimum atomic E-state index is -3.74. The van der Waals surface area contributed by atoms with Gasteiger partial charge < -0.3 is 19.5 Å². The number of methoxy groups -OCH3 is 1. The third-order valence-corrected chi connectivity index (χ3v) is 5.90. The molecule has 0 bridgehead atoms. The molecule has 33 heavy (non-hydrogen) atoms. The van der Waals surface area contributed by atoms with Crippen LogP contribution >= 0.6 is 0 Å². The number of amides is 1. The Balaban J connectivity index is 1.97. The summed E-state index contributed by atoms with van der Waals surface area (Å²) < 4.78 is 64.1. The maximum Gasteiger partial charge on any atom is 0.387 e. The molecule has 0 aliphatic rings. The summed E-state index contributed by atoms with van der Waals surface area (Å²) in [6, 6.07) is 9.48. The van der Waals surface area contributed by atoms with E-state index in [1.807, 2.05) is 0 Å². The Morgan fingerprint density at radius 2 is 1.79 bits per heavy atom. The lowest BCUT2D eigenvalue weighted by molar-refractivity contribution is -0.142. The number of nitrogens with zero attached hydrogens (tertiary/aromatic N) is 1. The van der Waals surface area contributed by atoms with E-state index in [0.29, 0.717) is 5.56 Å². The van der Waals surface area contributed by atoms with Gasteiger partial charge in [-0.2, -0.15) is 8.78 Å². The molecule has 2 aromatic rings. The van der Waals surface area contributed by atoms with Crippen LogP contribution in [0.3, 0.4) is 0 Å². The van der Waals surface area contributed by atoms with Gasteiger partial charge >= 0.3 is 12.6 Å². The number of carbonyl (C=O) groups is 2. The number of ether oxygens (including phenoxy) is 3. The Labute approximate surface area is 189 Å². The van der Waals surface area contributed by atoms with Crippen molar-refractivity contribution in [3.05, 3.63) is 54.1 Å². The van der Waals surface area contributed by atoms with Crippen molar-refractivity contribution in [2.45, 2.75) is 11.5 Å². The zero-order valence-corrected chi connectivity index (χ0v) is 18.8. The van der Waals surface area contributed by atoms with Gasteiger partial charge in [0.15, 0.2) is 6.61 Å². The molecule has 2 aromatic carbocycles. The molecular weight excluding hydrogens is 462 g/mol. The van der Waals surface area contributed by atoms with Crippen LogP contribution in [-0.2, 0) is 24.3 Å². The quantitative estimate of drug-likeness (QED) is 0.408. The van der Waals surface area contributed by atoms with Crippen LogP contribution in [0.1, 0.15) is 5.56 Å². The minimum Gasteiger partial charge on any atom is -0.495 e. The molecular formula is C21H22F2N2O7S. The normalized spacial score (nSPS) is 11.6. The molecule has 1 N–H and O–H groups in total. The molecule has 0 radical (unpaired) electrons. The van der Waals surface area contributed by atoms with Gasteiger partial charge in [-0.05, 0) is 42.0 Å². The number of esters is 1. The summed E-state index contributed by atoms with van der Waals surface area (Å²) in [5.41, 5.74) is 0.602. The van der Waals surface area contributed by atoms with Crippen molar-refractivity contribution in [1.82, 2.24) is 4.31 Å². The van der Waals surface area contributed by atoms with Crippen LogP contribution < -0.4 is 14.8 Å². The van der Waals surface area contributed by atoms with Crippen molar-refractivity contribution < 1.29 is 41.0 Å². The summed E-state index contributed by atoms with van der Waals surface area (Å²) in [5, 5.41) is 2.44. The minimum absolute atomic E-state index is 0.0284. The molecule has 1 amide bonds. The lowest BCUT2D eigenvalue weighted by Gasteiger charge is -2.15. The third kappa shape index (κ3) is 7.54. The van der Waals surface area contributed by atoms with Crippen LogP contribution in [0.25, 0.3) is 6.08 Å². The number of hydrogen-bond donors (Lipinski definition) is 1. The molecule has 0 saturated carbocycles. The van der Waals surface area contributed by atoms with E-state index in [1.54, 1.807) is 0 Å². The van der Waals surface area contributed by atoms with Crippen molar-refractivity contribution in [2.75, 3.05) is 33.1 Å². The van der Waals surface area contributed by atoms with E-state index >= 15 is 0 Å². The van der Waals surface area contributed by atoms with E-state index in [4.69, 9.17) is 9.47 Å². The maximum atomic E-state index is 12.3. The number of alkyl halides is 2. The largest absolute Gasteiger partial charge is 0.495 e. The number of benzene rings is 2. The first-order valence-corrected chi connectivity index (χ1v) is 10.8. The number of carbonyl (C=O) groups excluding carboxylic acids is 2. The van der Waals surface area contributed by atoms with Crippen molar-refractivity contribution in [2.24, 2.45) is 0 Å². The van der Waals surface area contributed by atoms with Crippen LogP contribution in [0.15, 0.2) is 53.4 Å². The summed E-state index contributed by atoms with van der Waals surface area (Å²) in [5.74, 6) is -1.36. The Hall–Kier alpha value is -3.51. The predicted octanol–water partition coefficient (Wildman–Crippen LogP) is 2.74. The first-order chi connectivity index (χ1) is 15.5. The second-order valence-electron chi connectivity index (χ2n) is 6.59. The molecule has 0 unspecified atom stereocenters. The van der Waals surface area contributed by atoms with Crippen LogP contribution in [-0.4, -0.2) is 59.0 Å². The number of sulfonamides is 1. The zero-order valence-electron chi connectivity index (χ0n) is 17.9. The molecule has 0 spiro atoms. The van der Waals surface area contributed by atoms with Gasteiger partial charge in [-0.25, -0.2) is 17.5 Å². The molecule has 0 atom stereocenters. The van der Waals surface area contributed by atoms with E-state index in [0.717, 1.165) is 10.4 Å². The number of anilines is 1. The Morgan fingerprint density at radius 1 is 1.12 bits per heavy atom. The third-order valence-electron chi connectivity index (χ3n) is 4.09. The summed E-state index contributed by atoms with van der Waals surface area (Å²) >= 11 is 0. The smallest absolute Gasteiger partial charge is 0.387 e. The van der Waals surface area contributed by atoms with Crippen LogP contribution in [0, 0.1) is 0 Å². The zero-order chi connectivity index (χ0) is 24.6. The fraction of sp³-hybridized carbons (Fsp3) is 0.238. The average molecular weight is 484 g/mol. The molecule has 12 heteroatoms. The van der Waals surface area contributed by atoms with Gasteiger partial charge in [-0.15, -0.1) is 0 Å². The molecule has 0 heterocycles. The van der Waals surface area contributed by atoms with Gasteiger partial charge in [0.1, 0.15) is 11.5 Å². The number of hydrogen-bond acceptors (Lipinski definition) is 7. The van der Waals surface area contributed by atoms with Crippen molar-refractivity contribution in [3.63, 3.8) is 0 Å². The van der Waals surface area contributed by atoms with Gasteiger partial charge in [0.05, 0.1) is 17.7 Å². The van der Waals surface area contributed by atoms with Crippen LogP contribution in [0.5, 0.6) is 11.5 Å². The number of rotatable bonds is 10. The van der Waals surface area contributed by atoms with Crippen molar-refractivity contribution in [1.29, 1.82) is 0 Å². The van der Waals surface area contributed by atoms with Crippen LogP contribution in [0.4, 0.5) is 14.5 Å². The SMILES string of the molecule is COc1ccc(S(=O)(=O)N(C)C)cc1NC(=O)COC(=O)/C=C/c1ccc(OC(F)F)cc1. The molecule has 0 aromatic heterocycles. The highest BCUT2D eigenvalue weighted by Crippen LogP contribution is 2.28. The second-order valence-corrected chi connectivity index (χ2v) is 8.74. The lowest BCUT2D eigenvalue weighted by atomic mass is 10.2. The van der Waals surface area contributed by atoms with Gasteiger partial charge in [0, 0.05) is 20.2 Å². The summed E-state index contributed by atoms with van der Waals surface area (Å²) in [6.07, 6.45) is 2.42. The Kier molecular flexibility index (Phi) is 8.88. The highest BCUT2D eigenvalue weighted by molar-refractivity contribution is 7.89. The summed E-state index contributed by atoms with van der Waals surface area (Å²) in [7, 11) is 0.351. The first-order valence-electron chi connectivity index (χ1n) is 9.33. The highest BCUT2D eigenvalue weighted by Gasteiger charge is 2.20.